The number of hydrogen-bond donors (Lipinski definition) is 2. The fourth-order valence-electron chi connectivity index (χ4n) is 1.65. The molecule has 120 valence electrons. The van der Waals surface area contributed by atoms with Crippen LogP contribution in [0.3, 0.4) is 0 Å². The maximum absolute atomic E-state index is 12.4. The van der Waals surface area contributed by atoms with Gasteiger partial charge in [-0.3, -0.25) is 9.59 Å². The average Bonchev–Trinajstić information content (AvgIpc) is 2.49. The Bertz CT molecular complexity index is 713. The molecular formula is C15H10BrF3N2O2. The Morgan fingerprint density at radius 3 is 1.57 bits per heavy atom. The number of hydrogen-bond acceptors (Lipinski definition) is 2. The summed E-state index contributed by atoms with van der Waals surface area (Å²) in [6.07, 6.45) is -4.46. The standard InChI is InChI=1S/C15H10BrF3N2O2/c16-10-3-7-12(8-4-10)21-14(23)13(22)20-11-5-1-9(2-6-11)15(17,18)19/h1-8H,(H,20,22)(H,21,23). The lowest BCUT2D eigenvalue weighted by Crippen LogP contribution is -2.29. The van der Waals surface area contributed by atoms with E-state index in [9.17, 15) is 22.8 Å². The highest BCUT2D eigenvalue weighted by Gasteiger charge is 2.30. The zero-order chi connectivity index (χ0) is 17.0. The molecule has 0 heterocycles. The maximum Gasteiger partial charge on any atom is 0.416 e. The van der Waals surface area contributed by atoms with Gasteiger partial charge >= 0.3 is 18.0 Å². The van der Waals surface area contributed by atoms with Crippen LogP contribution < -0.4 is 10.6 Å². The van der Waals surface area contributed by atoms with Crippen LogP contribution in [0.15, 0.2) is 53.0 Å². The van der Waals surface area contributed by atoms with E-state index < -0.39 is 23.6 Å². The number of nitrogens with one attached hydrogen (secondary N) is 2. The van der Waals surface area contributed by atoms with E-state index in [1.165, 1.54) is 0 Å². The van der Waals surface area contributed by atoms with Gasteiger partial charge in [-0.05, 0) is 48.5 Å². The number of alkyl halides is 3. The number of rotatable bonds is 2. The van der Waals surface area contributed by atoms with Gasteiger partial charge in [0.2, 0.25) is 0 Å². The molecule has 0 bridgehead atoms. The molecule has 2 aromatic rings. The molecule has 0 unspecified atom stereocenters. The molecule has 0 spiro atoms. The van der Waals surface area contributed by atoms with Crippen LogP contribution in [0.1, 0.15) is 5.56 Å². The molecule has 0 saturated heterocycles. The van der Waals surface area contributed by atoms with Gasteiger partial charge in [-0.15, -0.1) is 0 Å². The minimum atomic E-state index is -4.46. The van der Waals surface area contributed by atoms with Crippen molar-refractivity contribution in [3.05, 3.63) is 58.6 Å². The molecule has 0 atom stereocenters. The Labute approximate surface area is 137 Å². The first-order chi connectivity index (χ1) is 10.8. The number of benzene rings is 2. The Morgan fingerprint density at radius 2 is 1.17 bits per heavy atom. The second-order valence-electron chi connectivity index (χ2n) is 4.49. The van der Waals surface area contributed by atoms with Crippen LogP contribution in [0.5, 0.6) is 0 Å². The number of carbonyl (C=O) groups excluding carboxylic acids is 2. The zero-order valence-corrected chi connectivity index (χ0v) is 13.0. The first-order valence-electron chi connectivity index (χ1n) is 6.31. The van der Waals surface area contributed by atoms with Crippen molar-refractivity contribution >= 4 is 39.1 Å². The molecule has 0 radical (unpaired) electrons. The van der Waals surface area contributed by atoms with Gasteiger partial charge in [-0.1, -0.05) is 15.9 Å². The van der Waals surface area contributed by atoms with Crippen molar-refractivity contribution in [2.24, 2.45) is 0 Å². The van der Waals surface area contributed by atoms with Crippen LogP contribution in [-0.2, 0) is 15.8 Å². The Hall–Kier alpha value is -2.35. The molecule has 2 rings (SSSR count). The smallest absolute Gasteiger partial charge is 0.318 e. The highest BCUT2D eigenvalue weighted by Crippen LogP contribution is 2.29. The van der Waals surface area contributed by atoms with Crippen molar-refractivity contribution < 1.29 is 22.8 Å². The molecule has 0 aliphatic carbocycles. The van der Waals surface area contributed by atoms with Gasteiger partial charge in [0.15, 0.2) is 0 Å². The van der Waals surface area contributed by atoms with Crippen LogP contribution >= 0.6 is 15.9 Å². The quantitative estimate of drug-likeness (QED) is 0.765. The van der Waals surface area contributed by atoms with Crippen molar-refractivity contribution in [1.29, 1.82) is 0 Å². The van der Waals surface area contributed by atoms with E-state index >= 15 is 0 Å². The largest absolute Gasteiger partial charge is 0.416 e. The zero-order valence-electron chi connectivity index (χ0n) is 11.4. The molecule has 0 aromatic heterocycles. The molecule has 8 heteroatoms. The van der Waals surface area contributed by atoms with E-state index in [1.54, 1.807) is 24.3 Å². The number of halogens is 4. The van der Waals surface area contributed by atoms with Gasteiger partial charge < -0.3 is 10.6 Å². The summed E-state index contributed by atoms with van der Waals surface area (Å²) in [6.45, 7) is 0. The molecule has 2 aromatic carbocycles. The number of anilines is 2. The van der Waals surface area contributed by atoms with E-state index in [2.05, 4.69) is 26.6 Å². The third kappa shape index (κ3) is 4.82. The molecular weight excluding hydrogens is 377 g/mol. The van der Waals surface area contributed by atoms with Gasteiger partial charge in [-0.25, -0.2) is 0 Å². The highest BCUT2D eigenvalue weighted by molar-refractivity contribution is 9.10. The molecule has 2 amide bonds. The van der Waals surface area contributed by atoms with Crippen molar-refractivity contribution in [3.63, 3.8) is 0 Å². The molecule has 2 N–H and O–H groups in total. The lowest BCUT2D eigenvalue weighted by Gasteiger charge is -2.09. The highest BCUT2D eigenvalue weighted by atomic mass is 79.9. The second-order valence-corrected chi connectivity index (χ2v) is 5.41. The minimum absolute atomic E-state index is 0.0916. The number of carbonyl (C=O) groups is 2. The summed E-state index contributed by atoms with van der Waals surface area (Å²) in [4.78, 5) is 23.4. The first kappa shape index (κ1) is 17.0. The summed E-state index contributed by atoms with van der Waals surface area (Å²) < 4.78 is 38.1. The second kappa shape index (κ2) is 6.82. The van der Waals surface area contributed by atoms with E-state index in [0.717, 1.165) is 28.7 Å². The van der Waals surface area contributed by atoms with Crippen molar-refractivity contribution in [1.82, 2.24) is 0 Å². The SMILES string of the molecule is O=C(Nc1ccc(Br)cc1)C(=O)Nc1ccc(C(F)(F)F)cc1. The average molecular weight is 387 g/mol. The summed E-state index contributed by atoms with van der Waals surface area (Å²) in [5.74, 6) is -1.90. The lowest BCUT2D eigenvalue weighted by atomic mass is 10.2. The molecule has 0 saturated carbocycles. The molecule has 4 nitrogen and oxygen atoms in total. The van der Waals surface area contributed by atoms with Gasteiger partial charge in [0.05, 0.1) is 5.56 Å². The van der Waals surface area contributed by atoms with Crippen LogP contribution in [0, 0.1) is 0 Å². The topological polar surface area (TPSA) is 58.2 Å². The Morgan fingerprint density at radius 1 is 0.783 bits per heavy atom. The molecule has 23 heavy (non-hydrogen) atoms. The van der Waals surface area contributed by atoms with Gasteiger partial charge in [0.25, 0.3) is 0 Å². The minimum Gasteiger partial charge on any atom is -0.318 e. The van der Waals surface area contributed by atoms with E-state index in [-0.39, 0.29) is 5.69 Å². The summed E-state index contributed by atoms with van der Waals surface area (Å²) in [5, 5.41) is 4.60. The van der Waals surface area contributed by atoms with Crippen LogP contribution in [0.25, 0.3) is 0 Å². The molecule has 0 fully saturated rings. The normalized spacial score (nSPS) is 11.0. The summed E-state index contributed by atoms with van der Waals surface area (Å²) in [5.41, 5.74) is -0.329. The first-order valence-corrected chi connectivity index (χ1v) is 7.10. The fraction of sp³-hybridized carbons (Fsp3) is 0.0667. The molecule has 0 aliphatic heterocycles. The van der Waals surface area contributed by atoms with Crippen molar-refractivity contribution in [2.75, 3.05) is 10.6 Å². The summed E-state index contributed by atoms with van der Waals surface area (Å²) in [6, 6.07) is 10.3. The van der Waals surface area contributed by atoms with E-state index in [0.29, 0.717) is 5.69 Å². The van der Waals surface area contributed by atoms with Crippen molar-refractivity contribution in [2.45, 2.75) is 6.18 Å². The predicted molar refractivity (Wildman–Crippen MR) is 82.8 cm³/mol. The molecule has 0 aliphatic rings. The van der Waals surface area contributed by atoms with Crippen molar-refractivity contribution in [3.8, 4) is 0 Å². The van der Waals surface area contributed by atoms with Gasteiger partial charge in [0.1, 0.15) is 0 Å². The van der Waals surface area contributed by atoms with E-state index in [4.69, 9.17) is 0 Å². The third-order valence-electron chi connectivity index (χ3n) is 2.78. The van der Waals surface area contributed by atoms with E-state index in [1.807, 2.05) is 0 Å². The monoisotopic (exact) mass is 386 g/mol. The van der Waals surface area contributed by atoms with Crippen LogP contribution in [0.4, 0.5) is 24.5 Å². The maximum atomic E-state index is 12.4. The Kier molecular flexibility index (Phi) is 5.05. The third-order valence-corrected chi connectivity index (χ3v) is 3.31. The lowest BCUT2D eigenvalue weighted by molar-refractivity contribution is -0.137. The predicted octanol–water partition coefficient (Wildman–Crippen LogP) is 4.05. The summed E-state index contributed by atoms with van der Waals surface area (Å²) >= 11 is 3.23. The van der Waals surface area contributed by atoms with Gasteiger partial charge in [-0.2, -0.15) is 13.2 Å². The fourth-order valence-corrected chi connectivity index (χ4v) is 1.92. The number of amides is 2. The summed E-state index contributed by atoms with van der Waals surface area (Å²) in [7, 11) is 0. The van der Waals surface area contributed by atoms with Gasteiger partial charge in [0, 0.05) is 15.8 Å². The van der Waals surface area contributed by atoms with Crippen LogP contribution in [0.2, 0.25) is 0 Å². The van der Waals surface area contributed by atoms with Crippen LogP contribution in [-0.4, -0.2) is 11.8 Å². The Balaban J connectivity index is 1.98.